The molecule has 26 heteroatoms. The summed E-state index contributed by atoms with van der Waals surface area (Å²) in [5, 5.41) is 23.0. The molecule has 7 aliphatic rings. The first-order valence-corrected chi connectivity index (χ1v) is 32.5. The monoisotopic (exact) mass is 1310 g/mol. The molecular formula is C68H90FN7O18. The van der Waals surface area contributed by atoms with E-state index in [-0.39, 0.29) is 112 Å². The molecule has 7 fully saturated rings. The van der Waals surface area contributed by atoms with Gasteiger partial charge in [0, 0.05) is 50.3 Å². The summed E-state index contributed by atoms with van der Waals surface area (Å²) in [7, 11) is -1.00. The number of carbonyl (C=O) groups is 11. The number of hydrogen-bond donors (Lipinski definition) is 3. The van der Waals surface area contributed by atoms with Crippen LogP contribution in [0.3, 0.4) is 0 Å². The molecule has 10 rings (SSSR count). The quantitative estimate of drug-likeness (QED) is 0.0755. The van der Waals surface area contributed by atoms with Crippen LogP contribution in [-0.2, 0) is 96.2 Å². The maximum Gasteiger partial charge on any atom is 0.327 e. The lowest BCUT2D eigenvalue weighted by atomic mass is 9.87. The molecule has 0 bridgehead atoms. The van der Waals surface area contributed by atoms with E-state index in [1.807, 2.05) is 101 Å². The molecule has 2 amide bonds. The molecule has 0 spiro atoms. The number of nitrogens with zero attached hydrogens (tertiary/aromatic N) is 6. The second kappa shape index (κ2) is 38.4. The fraction of sp³-hybridized carbons (Fsp3) is 0.574. The summed E-state index contributed by atoms with van der Waals surface area (Å²) in [6, 6.07) is 27.6. The zero-order valence-electron chi connectivity index (χ0n) is 54.3. The third-order valence-corrected chi connectivity index (χ3v) is 18.1. The average molecular weight is 1310 g/mol. The fourth-order valence-electron chi connectivity index (χ4n) is 13.3. The van der Waals surface area contributed by atoms with Crippen molar-refractivity contribution in [3.8, 4) is 0 Å². The number of benzene rings is 3. The highest BCUT2D eigenvalue weighted by Gasteiger charge is 2.43. The van der Waals surface area contributed by atoms with Crippen molar-refractivity contribution >= 4 is 65.5 Å². The summed E-state index contributed by atoms with van der Waals surface area (Å²) < 4.78 is 40.9. The van der Waals surface area contributed by atoms with Gasteiger partial charge in [0.15, 0.2) is 0 Å². The summed E-state index contributed by atoms with van der Waals surface area (Å²) in [5.74, 6) is -6.18. The number of cyclic esters (lactones) is 4. The van der Waals surface area contributed by atoms with Crippen molar-refractivity contribution < 1.29 is 92.4 Å². The van der Waals surface area contributed by atoms with Gasteiger partial charge in [0.25, 0.3) is 0 Å². The lowest BCUT2D eigenvalue weighted by molar-refractivity contribution is -0.174. The van der Waals surface area contributed by atoms with Gasteiger partial charge in [-0.3, -0.25) is 76.7 Å². The Morgan fingerprint density at radius 1 is 0.479 bits per heavy atom. The van der Waals surface area contributed by atoms with Crippen molar-refractivity contribution in [1.82, 2.24) is 34.7 Å². The normalized spacial score (nSPS) is 21.9. The number of aliphatic carboxylic acids is 2. The fourth-order valence-corrected chi connectivity index (χ4v) is 13.3. The molecular weight excluding hydrogens is 1220 g/mol. The third kappa shape index (κ3) is 23.5. The van der Waals surface area contributed by atoms with Crippen molar-refractivity contribution in [1.29, 1.82) is 0 Å². The first-order valence-electron chi connectivity index (χ1n) is 33.2. The van der Waals surface area contributed by atoms with Crippen molar-refractivity contribution in [3.05, 3.63) is 108 Å². The van der Waals surface area contributed by atoms with Gasteiger partial charge in [-0.1, -0.05) is 117 Å². The first kappa shape index (κ1) is 71.8. The van der Waals surface area contributed by atoms with Crippen LogP contribution >= 0.6 is 0 Å². The third-order valence-electron chi connectivity index (χ3n) is 18.1. The first-order chi connectivity index (χ1) is 45.9. The van der Waals surface area contributed by atoms with E-state index >= 15 is 0 Å². The molecule has 5 heterocycles. The second-order valence-corrected chi connectivity index (χ2v) is 24.6. The number of likely N-dealkylation sites (tertiary alicyclic amines) is 2. The topological polar surface area (TPSA) is 306 Å². The van der Waals surface area contributed by atoms with Gasteiger partial charge in [-0.2, -0.15) is 0 Å². The zero-order valence-corrected chi connectivity index (χ0v) is 53.3. The maximum atomic E-state index is 13.6. The Balaban J connectivity index is 0.000000250. The van der Waals surface area contributed by atoms with E-state index in [9.17, 15) is 67.3 Å². The number of carboxylic acid groups (broad SMARTS) is 2. The molecule has 4 atom stereocenters. The Kier molecular flexibility index (Phi) is 29.3. The molecule has 2 saturated carbocycles. The van der Waals surface area contributed by atoms with Gasteiger partial charge in [0.2, 0.25) is 11.8 Å². The summed E-state index contributed by atoms with van der Waals surface area (Å²) in [6.45, 7) is 3.01. The van der Waals surface area contributed by atoms with Gasteiger partial charge < -0.3 is 49.0 Å². The Labute approximate surface area is 548 Å². The largest absolute Gasteiger partial charge is 0.480 e. The smallest absolute Gasteiger partial charge is 0.327 e. The number of esters is 7. The van der Waals surface area contributed by atoms with Gasteiger partial charge in [0.1, 0.15) is 19.8 Å². The van der Waals surface area contributed by atoms with Gasteiger partial charge in [-0.15, -0.1) is 0 Å². The lowest BCUT2D eigenvalue weighted by Gasteiger charge is -2.45. The van der Waals surface area contributed by atoms with Crippen molar-refractivity contribution in [3.63, 3.8) is 0 Å². The lowest BCUT2D eigenvalue weighted by Crippen LogP contribution is -2.60. The standard InChI is InChI=1S/C40H52N4O10.C14H18N2O6.C13H17NO2.CH3F/c45-35(41-19-15-31(16-20-41)39(51)53-27-29-9-3-1-4-10-29)23-43(25-37(47)48)33-13-7-8-14-34(33)44(26-38(49)50)24-36(46)42-21-17-32(18-22-42)40(52)54-28-30-11-5-2-6-12-30;17-11-5-15(6-12(18)21-11)9-3-1-2-4-10(9)16-7-13(19)22-14(20)8-16;15-13(12-6-8-14-9-7-12)16-10-11-4-2-1-3-5-11;1-2/h1-6,9-12,31-34H,7-8,13-28H2,(H,47,48)(H,49,50);9-10H,1-8H2;1-5,12,14H,6-10H2;1H3/i;;;1D. The van der Waals surface area contributed by atoms with Crippen LogP contribution in [0.5, 0.6) is 0 Å². The molecule has 25 nitrogen and oxygen atoms in total. The number of alkyl halides is 1. The highest BCUT2D eigenvalue weighted by Crippen LogP contribution is 2.31. The number of nitrogens with one attached hydrogen (secondary N) is 1. The van der Waals surface area contributed by atoms with Crippen LogP contribution in [0, 0.1) is 17.8 Å². The number of carbonyl (C=O) groups excluding carboxylic acids is 9. The predicted molar refractivity (Wildman–Crippen MR) is 336 cm³/mol. The maximum absolute atomic E-state index is 13.6. The highest BCUT2D eigenvalue weighted by molar-refractivity contribution is 5.91. The van der Waals surface area contributed by atoms with E-state index in [1.54, 1.807) is 19.6 Å². The van der Waals surface area contributed by atoms with Crippen LogP contribution in [0.15, 0.2) is 91.0 Å². The number of rotatable bonds is 21. The zero-order chi connectivity index (χ0) is 68.1. The number of morpholine rings is 2. The van der Waals surface area contributed by atoms with Gasteiger partial charge >= 0.3 is 53.7 Å². The van der Waals surface area contributed by atoms with Gasteiger partial charge in [-0.25, -0.2) is 0 Å². The number of hydrogen-bond acceptors (Lipinski definition) is 21. The van der Waals surface area contributed by atoms with E-state index < -0.39 is 68.1 Å². The van der Waals surface area contributed by atoms with Crippen LogP contribution in [0.2, 0.25) is 0 Å². The number of halogens is 1. The minimum Gasteiger partial charge on any atom is -0.480 e. The van der Waals surface area contributed by atoms with E-state index in [0.717, 1.165) is 81.1 Å². The average Bonchev–Trinajstić information content (AvgIpc) is 0.841. The Morgan fingerprint density at radius 2 is 0.777 bits per heavy atom. The van der Waals surface area contributed by atoms with Crippen molar-refractivity contribution in [2.24, 2.45) is 17.8 Å². The molecule has 3 N–H and O–H groups in total. The second-order valence-electron chi connectivity index (χ2n) is 24.6. The summed E-state index contributed by atoms with van der Waals surface area (Å²) in [5.41, 5.74) is 2.83. The minimum atomic E-state index is -1.11. The Morgan fingerprint density at radius 3 is 1.09 bits per heavy atom. The number of carboxylic acids is 2. The van der Waals surface area contributed by atoms with E-state index in [1.165, 1.54) is 0 Å². The molecule has 5 aliphatic heterocycles. The molecule has 94 heavy (non-hydrogen) atoms. The van der Waals surface area contributed by atoms with Crippen LogP contribution in [0.4, 0.5) is 4.39 Å². The highest BCUT2D eigenvalue weighted by atomic mass is 19.1. The molecule has 512 valence electrons. The molecule has 3 aromatic carbocycles. The molecule has 0 radical (unpaired) electrons. The van der Waals surface area contributed by atoms with Crippen LogP contribution < -0.4 is 5.32 Å². The van der Waals surface area contributed by atoms with Gasteiger partial charge in [-0.05, 0) is 94.0 Å². The van der Waals surface area contributed by atoms with Crippen LogP contribution in [-0.4, -0.2) is 228 Å². The van der Waals surface area contributed by atoms with E-state index in [2.05, 4.69) is 14.8 Å². The number of piperidine rings is 3. The number of ether oxygens (including phenoxy) is 5. The Bertz CT molecular complexity index is 2810. The number of amides is 2. The predicted octanol–water partition coefficient (Wildman–Crippen LogP) is 4.42. The molecule has 5 saturated heterocycles. The van der Waals surface area contributed by atoms with Crippen LogP contribution in [0.1, 0.15) is 108 Å². The van der Waals surface area contributed by atoms with E-state index in [0.29, 0.717) is 71.3 Å². The van der Waals surface area contributed by atoms with Gasteiger partial charge in [0.05, 0.1) is 78.6 Å². The summed E-state index contributed by atoms with van der Waals surface area (Å²) >= 11 is 0. The molecule has 3 aromatic rings. The van der Waals surface area contributed by atoms with E-state index in [4.69, 9.17) is 15.6 Å². The SMILES string of the molecule is O=C(O)CN(CC(=O)N1CCC(C(=O)OCc2ccccc2)CC1)C1CCCCC1N(CC(=O)O)CC(=O)N1CCC(C(=O)OCc2ccccc2)CC1.O=C(OCc1ccccc1)C1CCNCC1.O=C1CN(C2CCCCC2N2CC(=O)OC(=O)C2)CC(=O)O1.[2H]CF. The summed E-state index contributed by atoms with van der Waals surface area (Å²) in [4.78, 5) is 145. The molecule has 2 aliphatic carbocycles. The van der Waals surface area contributed by atoms with Crippen molar-refractivity contribution in [2.75, 3.05) is 98.8 Å². The molecule has 4 unspecified atom stereocenters. The Hall–Kier alpha value is -8.04. The van der Waals surface area contributed by atoms with Crippen LogP contribution in [0.25, 0.3) is 0 Å². The minimum absolute atomic E-state index is 0.0377. The van der Waals surface area contributed by atoms with Crippen molar-refractivity contribution in [2.45, 2.75) is 134 Å². The molecule has 0 aromatic heterocycles. The summed E-state index contributed by atoms with van der Waals surface area (Å²) in [6.07, 6.45) is 9.79.